The first kappa shape index (κ1) is 13.5. The second-order valence-electron chi connectivity index (χ2n) is 4.76. The molecule has 0 amide bonds. The van der Waals surface area contributed by atoms with Crippen LogP contribution in [0.25, 0.3) is 0 Å². The summed E-state index contributed by atoms with van der Waals surface area (Å²) in [6.07, 6.45) is 1.13. The average Bonchev–Trinajstić information content (AvgIpc) is 2.30. The smallest absolute Gasteiger partial charge is 0.216 e. The Kier molecular flexibility index (Phi) is 3.80. The number of benzene rings is 1. The van der Waals surface area contributed by atoms with Crippen LogP contribution in [-0.2, 0) is 4.74 Å². The molecule has 1 aromatic carbocycles. The standard InChI is InChI=1S/C13H17FN4O/c1-18(7-15)13(17)12(9-5-19-6-9)8-2-10(14)4-11(16)3-8/h2-4,7,9,12,15,17H,5-6,16H2,1H3/p+1. The van der Waals surface area contributed by atoms with E-state index in [2.05, 4.69) is 0 Å². The maximum atomic E-state index is 13.5. The van der Waals surface area contributed by atoms with Crippen molar-refractivity contribution in [3.8, 4) is 0 Å². The number of halogens is 1. The second kappa shape index (κ2) is 5.36. The van der Waals surface area contributed by atoms with Crippen LogP contribution in [-0.4, -0.2) is 37.0 Å². The minimum absolute atomic E-state index is 0.184. The molecule has 1 heterocycles. The molecule has 1 saturated heterocycles. The van der Waals surface area contributed by atoms with Gasteiger partial charge in [-0.3, -0.25) is 0 Å². The summed E-state index contributed by atoms with van der Waals surface area (Å²) in [6.45, 7) is 1.15. The van der Waals surface area contributed by atoms with Crippen molar-refractivity contribution in [3.63, 3.8) is 0 Å². The highest BCUT2D eigenvalue weighted by Gasteiger charge is 2.35. The van der Waals surface area contributed by atoms with Gasteiger partial charge in [0.1, 0.15) is 5.82 Å². The van der Waals surface area contributed by atoms with E-state index in [1.165, 1.54) is 16.7 Å². The number of nitrogens with one attached hydrogen (secondary N) is 1. The number of nitrogens with two attached hydrogens (primary N) is 2. The molecule has 5 nitrogen and oxygen atoms in total. The summed E-state index contributed by atoms with van der Waals surface area (Å²) in [6, 6.07) is 4.43. The van der Waals surface area contributed by atoms with Crippen molar-refractivity contribution in [1.29, 1.82) is 5.41 Å². The largest absolute Gasteiger partial charge is 0.399 e. The van der Waals surface area contributed by atoms with Crippen molar-refractivity contribution in [2.75, 3.05) is 26.0 Å². The lowest BCUT2D eigenvalue weighted by Crippen LogP contribution is -2.43. The highest BCUT2D eigenvalue weighted by molar-refractivity contribution is 5.86. The average molecular weight is 265 g/mol. The summed E-state index contributed by atoms with van der Waals surface area (Å²) < 4.78 is 20.2. The summed E-state index contributed by atoms with van der Waals surface area (Å²) in [7, 11) is 1.69. The van der Waals surface area contributed by atoms with Crippen molar-refractivity contribution >= 4 is 17.9 Å². The van der Waals surface area contributed by atoms with Crippen LogP contribution in [0.1, 0.15) is 11.5 Å². The minimum Gasteiger partial charge on any atom is -0.399 e. The first-order valence-corrected chi connectivity index (χ1v) is 6.02. The summed E-state index contributed by atoms with van der Waals surface area (Å²) in [5.41, 5.74) is 12.9. The Labute approximate surface area is 111 Å². The maximum Gasteiger partial charge on any atom is 0.216 e. The predicted octanol–water partition coefficient (Wildman–Crippen LogP) is 0.744. The second-order valence-corrected chi connectivity index (χ2v) is 4.76. The van der Waals surface area contributed by atoms with E-state index in [0.29, 0.717) is 24.7 Å². The Morgan fingerprint density at radius 2 is 2.21 bits per heavy atom. The van der Waals surface area contributed by atoms with Gasteiger partial charge in [-0.2, -0.15) is 5.41 Å². The van der Waals surface area contributed by atoms with E-state index in [9.17, 15) is 4.39 Å². The molecule has 0 aliphatic carbocycles. The molecule has 5 N–H and O–H groups in total. The fourth-order valence-corrected chi connectivity index (χ4v) is 2.24. The predicted molar refractivity (Wildman–Crippen MR) is 72.0 cm³/mol. The molecule has 0 saturated carbocycles. The quantitative estimate of drug-likeness (QED) is 0.325. The van der Waals surface area contributed by atoms with Crippen molar-refractivity contribution in [2.24, 2.45) is 11.7 Å². The molecule has 1 aliphatic heterocycles. The van der Waals surface area contributed by atoms with E-state index < -0.39 is 0 Å². The van der Waals surface area contributed by atoms with Gasteiger partial charge >= 0.3 is 0 Å². The molecule has 1 atom stereocenters. The molecule has 0 spiro atoms. The maximum absolute atomic E-state index is 13.5. The Balaban J connectivity index is 2.45. The zero-order valence-corrected chi connectivity index (χ0v) is 10.8. The molecule has 6 heteroatoms. The molecule has 0 radical (unpaired) electrons. The molecular weight excluding hydrogens is 247 g/mol. The molecule has 1 unspecified atom stereocenters. The van der Waals surface area contributed by atoms with E-state index in [1.807, 2.05) is 0 Å². The Morgan fingerprint density at radius 3 is 2.68 bits per heavy atom. The number of nitrogen functional groups attached to an aromatic ring is 1. The monoisotopic (exact) mass is 265 g/mol. The van der Waals surface area contributed by atoms with Gasteiger partial charge in [0.05, 0.1) is 26.2 Å². The van der Waals surface area contributed by atoms with Crippen LogP contribution in [0, 0.1) is 17.1 Å². The number of anilines is 1. The first-order chi connectivity index (χ1) is 9.02. The molecule has 0 bridgehead atoms. The van der Waals surface area contributed by atoms with Gasteiger partial charge in [-0.25, -0.2) is 8.97 Å². The zero-order valence-electron chi connectivity index (χ0n) is 10.8. The van der Waals surface area contributed by atoms with Crippen molar-refractivity contribution in [3.05, 3.63) is 29.6 Å². The number of hydrogen-bond acceptors (Lipinski definition) is 3. The van der Waals surface area contributed by atoms with Gasteiger partial charge in [0, 0.05) is 11.6 Å². The molecule has 2 rings (SSSR count). The lowest BCUT2D eigenvalue weighted by molar-refractivity contribution is -0.365. The fraction of sp³-hybridized carbons (Fsp3) is 0.385. The van der Waals surface area contributed by atoms with E-state index in [-0.39, 0.29) is 17.7 Å². The van der Waals surface area contributed by atoms with Crippen LogP contribution in [0.5, 0.6) is 0 Å². The molecular formula is C13H18FN4O+. The number of nitrogens with zero attached hydrogens (tertiary/aromatic N) is 1. The van der Waals surface area contributed by atoms with Crippen molar-refractivity contribution < 1.29 is 13.7 Å². The van der Waals surface area contributed by atoms with Crippen LogP contribution in [0.2, 0.25) is 0 Å². The van der Waals surface area contributed by atoms with Gasteiger partial charge in [-0.1, -0.05) is 0 Å². The molecule has 19 heavy (non-hydrogen) atoms. The third-order valence-corrected chi connectivity index (χ3v) is 3.36. The van der Waals surface area contributed by atoms with Gasteiger partial charge in [-0.15, -0.1) is 0 Å². The molecule has 1 aliphatic rings. The van der Waals surface area contributed by atoms with Gasteiger partial charge in [0.25, 0.3) is 0 Å². The summed E-state index contributed by atoms with van der Waals surface area (Å²) in [5.74, 6) is 0.0980. The summed E-state index contributed by atoms with van der Waals surface area (Å²) >= 11 is 0. The third-order valence-electron chi connectivity index (χ3n) is 3.36. The first-order valence-electron chi connectivity index (χ1n) is 6.02. The molecule has 102 valence electrons. The van der Waals surface area contributed by atoms with Crippen LogP contribution in [0.15, 0.2) is 18.2 Å². The highest BCUT2D eigenvalue weighted by Crippen LogP contribution is 2.31. The number of hydrogen-bond donors (Lipinski definition) is 3. The van der Waals surface area contributed by atoms with E-state index in [4.69, 9.17) is 21.6 Å². The van der Waals surface area contributed by atoms with E-state index in [0.717, 1.165) is 11.9 Å². The Bertz CT molecular complexity index is 505. The lowest BCUT2D eigenvalue weighted by atomic mass is 9.83. The highest BCUT2D eigenvalue weighted by atomic mass is 19.1. The van der Waals surface area contributed by atoms with Gasteiger partial charge in [0.15, 0.2) is 0 Å². The van der Waals surface area contributed by atoms with Crippen LogP contribution < -0.4 is 11.5 Å². The molecule has 0 aromatic heterocycles. The zero-order chi connectivity index (χ0) is 14.0. The topological polar surface area (TPSA) is 88.1 Å². The summed E-state index contributed by atoms with van der Waals surface area (Å²) in [4.78, 5) is 0. The van der Waals surface area contributed by atoms with E-state index in [1.54, 1.807) is 13.1 Å². The van der Waals surface area contributed by atoms with Crippen molar-refractivity contribution in [2.45, 2.75) is 5.92 Å². The number of ether oxygens (including phenoxy) is 1. The van der Waals surface area contributed by atoms with Crippen LogP contribution in [0.3, 0.4) is 0 Å². The normalized spacial score (nSPS) is 18.4. The fourth-order valence-electron chi connectivity index (χ4n) is 2.24. The number of amidine groups is 1. The van der Waals surface area contributed by atoms with Gasteiger partial charge in [0.2, 0.25) is 12.2 Å². The SMILES string of the molecule is C[N+](C=N)=C(N)C(c1cc(N)cc(F)c1)C1COC1. The van der Waals surface area contributed by atoms with Crippen LogP contribution >= 0.6 is 0 Å². The Hall–Kier alpha value is -1.95. The lowest BCUT2D eigenvalue weighted by Gasteiger charge is -2.33. The minimum atomic E-state index is -0.384. The third kappa shape index (κ3) is 2.73. The van der Waals surface area contributed by atoms with Gasteiger partial charge in [-0.05, 0) is 23.8 Å². The van der Waals surface area contributed by atoms with Crippen molar-refractivity contribution in [1.82, 2.24) is 0 Å². The van der Waals surface area contributed by atoms with Gasteiger partial charge < -0.3 is 16.2 Å². The summed E-state index contributed by atoms with van der Waals surface area (Å²) in [5, 5.41) is 7.27. The van der Waals surface area contributed by atoms with Crippen LogP contribution in [0.4, 0.5) is 10.1 Å². The molecule has 1 aromatic rings. The van der Waals surface area contributed by atoms with E-state index >= 15 is 0 Å². The molecule has 1 fully saturated rings. The Morgan fingerprint density at radius 1 is 1.53 bits per heavy atom. The number of rotatable bonds is 4.